The van der Waals surface area contributed by atoms with E-state index in [9.17, 15) is 0 Å². The van der Waals surface area contributed by atoms with Crippen molar-refractivity contribution in [3.05, 3.63) is 0 Å². The van der Waals surface area contributed by atoms with Gasteiger partial charge in [-0.1, -0.05) is 19.3 Å². The zero-order valence-corrected chi connectivity index (χ0v) is 14.9. The summed E-state index contributed by atoms with van der Waals surface area (Å²) in [6.45, 7) is 3.99. The zero-order valence-electron chi connectivity index (χ0n) is 12.5. The summed E-state index contributed by atoms with van der Waals surface area (Å²) in [6.07, 6.45) is 12.1. The van der Waals surface area contributed by atoms with Crippen LogP contribution in [0.25, 0.3) is 0 Å². The summed E-state index contributed by atoms with van der Waals surface area (Å²) < 4.78 is 5.92. The zero-order chi connectivity index (χ0) is 13.2. The summed E-state index contributed by atoms with van der Waals surface area (Å²) in [5, 5.41) is 6.64. The Balaban J connectivity index is 0.00000200. The third kappa shape index (κ3) is 7.67. The van der Waals surface area contributed by atoms with E-state index >= 15 is 0 Å². The van der Waals surface area contributed by atoms with Crippen LogP contribution in [0, 0.1) is 0 Å². The predicted octanol–water partition coefficient (Wildman–Crippen LogP) is 3.06. The molecule has 1 heterocycles. The Morgan fingerprint density at radius 3 is 2.70 bits per heavy atom. The number of nitrogens with one attached hydrogen (secondary N) is 2. The molecule has 5 heteroatoms. The van der Waals surface area contributed by atoms with E-state index in [0.29, 0.717) is 6.10 Å². The second kappa shape index (κ2) is 11.6. The van der Waals surface area contributed by atoms with Crippen LogP contribution in [-0.2, 0) is 4.74 Å². The standard InChI is InChI=1S/C15H29N3O.HI/c1-3-8-14(9-4-1)19-13-6-2-5-10-16-15-17-11-7-12-18-15;/h14H,1-13H2,(H2,16,17,18);1H. The van der Waals surface area contributed by atoms with Crippen molar-refractivity contribution in [1.29, 1.82) is 0 Å². The fourth-order valence-electron chi connectivity index (χ4n) is 2.74. The van der Waals surface area contributed by atoms with Gasteiger partial charge < -0.3 is 15.4 Å². The van der Waals surface area contributed by atoms with Gasteiger partial charge in [0.15, 0.2) is 5.96 Å². The Morgan fingerprint density at radius 2 is 1.95 bits per heavy atom. The van der Waals surface area contributed by atoms with E-state index in [1.54, 1.807) is 0 Å². The van der Waals surface area contributed by atoms with E-state index in [4.69, 9.17) is 4.74 Å². The molecule has 0 aromatic carbocycles. The van der Waals surface area contributed by atoms with Gasteiger partial charge in [0.1, 0.15) is 0 Å². The van der Waals surface area contributed by atoms with Gasteiger partial charge in [0.05, 0.1) is 6.10 Å². The van der Waals surface area contributed by atoms with Crippen LogP contribution in [0.5, 0.6) is 0 Å². The van der Waals surface area contributed by atoms with Crippen molar-refractivity contribution in [2.75, 3.05) is 26.2 Å². The molecule has 1 aliphatic carbocycles. The van der Waals surface area contributed by atoms with Crippen molar-refractivity contribution < 1.29 is 4.74 Å². The van der Waals surface area contributed by atoms with Crippen molar-refractivity contribution >= 4 is 29.9 Å². The lowest BCUT2D eigenvalue weighted by molar-refractivity contribution is 0.0264. The molecular formula is C15H30IN3O. The first-order chi connectivity index (χ1) is 9.45. The van der Waals surface area contributed by atoms with Crippen LogP contribution in [0.2, 0.25) is 0 Å². The molecule has 0 atom stereocenters. The molecular weight excluding hydrogens is 365 g/mol. The first kappa shape index (κ1) is 18.0. The highest BCUT2D eigenvalue weighted by Crippen LogP contribution is 2.20. The Morgan fingerprint density at radius 1 is 1.10 bits per heavy atom. The molecule has 0 saturated heterocycles. The molecule has 4 nitrogen and oxygen atoms in total. The van der Waals surface area contributed by atoms with E-state index in [2.05, 4.69) is 15.6 Å². The van der Waals surface area contributed by atoms with Crippen molar-refractivity contribution in [1.82, 2.24) is 10.6 Å². The second-order valence-electron chi connectivity index (χ2n) is 5.63. The van der Waals surface area contributed by atoms with Gasteiger partial charge in [-0.3, -0.25) is 4.99 Å². The lowest BCUT2D eigenvalue weighted by atomic mass is 9.98. The molecule has 0 radical (unpaired) electrons. The summed E-state index contributed by atoms with van der Waals surface area (Å²) in [4.78, 5) is 4.39. The van der Waals surface area contributed by atoms with Crippen molar-refractivity contribution in [2.45, 2.75) is 63.9 Å². The molecule has 0 bridgehead atoms. The maximum absolute atomic E-state index is 5.92. The molecule has 20 heavy (non-hydrogen) atoms. The summed E-state index contributed by atoms with van der Waals surface area (Å²) in [7, 11) is 0. The fraction of sp³-hybridized carbons (Fsp3) is 0.933. The number of guanidine groups is 1. The van der Waals surface area contributed by atoms with Crippen LogP contribution in [0.15, 0.2) is 4.99 Å². The van der Waals surface area contributed by atoms with E-state index in [0.717, 1.165) is 38.6 Å². The smallest absolute Gasteiger partial charge is 0.191 e. The summed E-state index contributed by atoms with van der Waals surface area (Å²) in [5.41, 5.74) is 0. The SMILES string of the molecule is C(CCNC1=NCCCN1)CCOC1CCCCC1.I. The average molecular weight is 395 g/mol. The highest BCUT2D eigenvalue weighted by Gasteiger charge is 2.12. The minimum Gasteiger partial charge on any atom is -0.378 e. The molecule has 0 spiro atoms. The minimum atomic E-state index is 0. The third-order valence-corrected chi connectivity index (χ3v) is 3.92. The Hall–Kier alpha value is -0.0400. The van der Waals surface area contributed by atoms with Crippen LogP contribution in [0.4, 0.5) is 0 Å². The van der Waals surface area contributed by atoms with Crippen molar-refractivity contribution in [2.24, 2.45) is 4.99 Å². The molecule has 0 aromatic rings. The highest BCUT2D eigenvalue weighted by atomic mass is 127. The molecule has 2 rings (SSSR count). The monoisotopic (exact) mass is 395 g/mol. The summed E-state index contributed by atoms with van der Waals surface area (Å²) in [5.74, 6) is 0.990. The summed E-state index contributed by atoms with van der Waals surface area (Å²) >= 11 is 0. The van der Waals surface area contributed by atoms with Gasteiger partial charge in [0.2, 0.25) is 0 Å². The van der Waals surface area contributed by atoms with Gasteiger partial charge in [-0.15, -0.1) is 24.0 Å². The second-order valence-corrected chi connectivity index (χ2v) is 5.63. The van der Waals surface area contributed by atoms with Gasteiger partial charge >= 0.3 is 0 Å². The first-order valence-corrected chi connectivity index (χ1v) is 8.09. The van der Waals surface area contributed by atoms with Gasteiger partial charge in [-0.25, -0.2) is 0 Å². The molecule has 1 saturated carbocycles. The Bertz CT molecular complexity index is 268. The van der Waals surface area contributed by atoms with Crippen LogP contribution in [0.1, 0.15) is 57.8 Å². The molecule has 1 fully saturated rings. The van der Waals surface area contributed by atoms with Crippen molar-refractivity contribution in [3.8, 4) is 0 Å². The molecule has 2 aliphatic rings. The average Bonchev–Trinajstić information content (AvgIpc) is 2.48. The number of hydrogen-bond donors (Lipinski definition) is 2. The molecule has 118 valence electrons. The largest absolute Gasteiger partial charge is 0.378 e. The van der Waals surface area contributed by atoms with Crippen LogP contribution >= 0.6 is 24.0 Å². The van der Waals surface area contributed by atoms with E-state index in [1.807, 2.05) is 0 Å². The maximum atomic E-state index is 5.92. The number of hydrogen-bond acceptors (Lipinski definition) is 4. The third-order valence-electron chi connectivity index (χ3n) is 3.92. The highest BCUT2D eigenvalue weighted by molar-refractivity contribution is 14.0. The number of unbranched alkanes of at least 4 members (excludes halogenated alkanes) is 2. The molecule has 0 unspecified atom stereocenters. The molecule has 0 aromatic heterocycles. The number of aliphatic imine (C=N–C) groups is 1. The fourth-order valence-corrected chi connectivity index (χ4v) is 2.74. The number of rotatable bonds is 7. The maximum Gasteiger partial charge on any atom is 0.191 e. The van der Waals surface area contributed by atoms with Gasteiger partial charge in [0, 0.05) is 26.2 Å². The van der Waals surface area contributed by atoms with Crippen molar-refractivity contribution in [3.63, 3.8) is 0 Å². The number of ether oxygens (including phenoxy) is 1. The Kier molecular flexibility index (Phi) is 10.4. The van der Waals surface area contributed by atoms with Crippen LogP contribution in [-0.4, -0.2) is 38.3 Å². The quantitative estimate of drug-likeness (QED) is 0.515. The van der Waals surface area contributed by atoms with Gasteiger partial charge in [-0.2, -0.15) is 0 Å². The minimum absolute atomic E-state index is 0. The number of nitrogens with zero attached hydrogens (tertiary/aromatic N) is 1. The van der Waals surface area contributed by atoms with Gasteiger partial charge in [0.25, 0.3) is 0 Å². The van der Waals surface area contributed by atoms with Crippen LogP contribution in [0.3, 0.4) is 0 Å². The lowest BCUT2D eigenvalue weighted by Gasteiger charge is -2.21. The van der Waals surface area contributed by atoms with E-state index in [1.165, 1.54) is 51.4 Å². The first-order valence-electron chi connectivity index (χ1n) is 8.09. The van der Waals surface area contributed by atoms with Gasteiger partial charge in [-0.05, 0) is 38.5 Å². The Labute approximate surface area is 140 Å². The van der Waals surface area contributed by atoms with E-state index < -0.39 is 0 Å². The predicted molar refractivity (Wildman–Crippen MR) is 95.0 cm³/mol. The van der Waals surface area contributed by atoms with Crippen LogP contribution < -0.4 is 10.6 Å². The normalized spacial score (nSPS) is 19.7. The lowest BCUT2D eigenvalue weighted by Crippen LogP contribution is -2.41. The summed E-state index contributed by atoms with van der Waals surface area (Å²) in [6, 6.07) is 0. The van der Waals surface area contributed by atoms with E-state index in [-0.39, 0.29) is 24.0 Å². The molecule has 1 aliphatic heterocycles. The molecule has 2 N–H and O–H groups in total. The topological polar surface area (TPSA) is 45.7 Å². The molecule has 0 amide bonds. The number of halogens is 1.